The number of fused-ring (bicyclic) bond motifs is 1. The van der Waals surface area contributed by atoms with Crippen LogP contribution in [-0.4, -0.2) is 24.0 Å². The maximum absolute atomic E-state index is 12.5. The fourth-order valence-electron chi connectivity index (χ4n) is 3.09. The van der Waals surface area contributed by atoms with Crippen molar-refractivity contribution < 1.29 is 9.53 Å². The molecule has 0 saturated heterocycles. The molecule has 1 aromatic heterocycles. The summed E-state index contributed by atoms with van der Waals surface area (Å²) < 4.78 is 5.40. The van der Waals surface area contributed by atoms with Crippen molar-refractivity contribution in [2.75, 3.05) is 7.11 Å². The number of nitrogens with one attached hydrogen (secondary N) is 1. The number of para-hydroxylation sites is 1. The zero-order valence-corrected chi connectivity index (χ0v) is 13.1. The van der Waals surface area contributed by atoms with E-state index in [0.717, 1.165) is 29.7 Å². The zero-order valence-electron chi connectivity index (χ0n) is 13.1. The summed E-state index contributed by atoms with van der Waals surface area (Å²) >= 11 is 0. The average Bonchev–Trinajstić information content (AvgIpc) is 2.55. The van der Waals surface area contributed by atoms with Gasteiger partial charge in [-0.3, -0.25) is 4.79 Å². The molecule has 1 fully saturated rings. The van der Waals surface area contributed by atoms with Crippen molar-refractivity contribution in [3.8, 4) is 5.75 Å². The normalized spacial score (nSPS) is 21.5. The highest BCUT2D eigenvalue weighted by molar-refractivity contribution is 5.97. The van der Waals surface area contributed by atoms with E-state index in [2.05, 4.69) is 17.2 Å². The van der Waals surface area contributed by atoms with Gasteiger partial charge in [0.15, 0.2) is 0 Å². The van der Waals surface area contributed by atoms with Crippen LogP contribution in [0.1, 0.15) is 43.1 Å². The molecule has 1 amide bonds. The van der Waals surface area contributed by atoms with Crippen molar-refractivity contribution in [3.05, 3.63) is 36.0 Å². The Hall–Kier alpha value is -2.10. The van der Waals surface area contributed by atoms with Gasteiger partial charge in [-0.1, -0.05) is 19.1 Å². The Morgan fingerprint density at radius 2 is 1.95 bits per heavy atom. The second-order valence-electron chi connectivity index (χ2n) is 6.16. The Kier molecular flexibility index (Phi) is 4.27. The van der Waals surface area contributed by atoms with E-state index in [1.54, 1.807) is 13.2 Å². The molecule has 0 spiro atoms. The highest BCUT2D eigenvalue weighted by Gasteiger charge is 2.21. The number of benzene rings is 1. The van der Waals surface area contributed by atoms with Gasteiger partial charge < -0.3 is 10.1 Å². The molecule has 0 aliphatic heterocycles. The second kappa shape index (κ2) is 6.34. The van der Waals surface area contributed by atoms with Crippen molar-refractivity contribution in [1.82, 2.24) is 10.3 Å². The summed E-state index contributed by atoms with van der Waals surface area (Å²) in [5.74, 6) is 1.35. The van der Waals surface area contributed by atoms with Crippen LogP contribution in [0.3, 0.4) is 0 Å². The molecule has 2 aromatic rings. The lowest BCUT2D eigenvalue weighted by molar-refractivity contribution is 0.0918. The molecule has 1 aliphatic rings. The Morgan fingerprint density at radius 3 is 2.68 bits per heavy atom. The third-order valence-corrected chi connectivity index (χ3v) is 4.48. The molecule has 1 aliphatic carbocycles. The van der Waals surface area contributed by atoms with Crippen molar-refractivity contribution in [3.63, 3.8) is 0 Å². The van der Waals surface area contributed by atoms with Crippen LogP contribution in [0.15, 0.2) is 30.3 Å². The van der Waals surface area contributed by atoms with Crippen molar-refractivity contribution in [2.45, 2.75) is 38.6 Å². The molecule has 0 unspecified atom stereocenters. The lowest BCUT2D eigenvalue weighted by Gasteiger charge is -2.26. The minimum Gasteiger partial charge on any atom is -0.496 e. The van der Waals surface area contributed by atoms with Gasteiger partial charge in [0, 0.05) is 17.5 Å². The molecule has 1 heterocycles. The van der Waals surface area contributed by atoms with Crippen LogP contribution >= 0.6 is 0 Å². The predicted octanol–water partition coefficient (Wildman–Crippen LogP) is 3.55. The first-order chi connectivity index (χ1) is 10.7. The minimum absolute atomic E-state index is 0.108. The Labute approximate surface area is 130 Å². The molecular formula is C18H22N2O2. The van der Waals surface area contributed by atoms with Crippen molar-refractivity contribution in [2.24, 2.45) is 5.92 Å². The summed E-state index contributed by atoms with van der Waals surface area (Å²) in [7, 11) is 1.62. The molecule has 1 aromatic carbocycles. The molecule has 1 N–H and O–H groups in total. The standard InChI is InChI=1S/C18H22N2O2/c1-12-7-9-13(10-8-12)19-18(21)16-11-17(22-2)14-5-3-4-6-15(14)20-16/h3-6,11-13H,7-10H2,1-2H3,(H,19,21). The van der Waals surface area contributed by atoms with E-state index >= 15 is 0 Å². The van der Waals surface area contributed by atoms with Crippen LogP contribution < -0.4 is 10.1 Å². The summed E-state index contributed by atoms with van der Waals surface area (Å²) in [5, 5.41) is 4.04. The topological polar surface area (TPSA) is 51.2 Å². The van der Waals surface area contributed by atoms with E-state index in [1.165, 1.54) is 12.8 Å². The van der Waals surface area contributed by atoms with Crippen LogP contribution in [-0.2, 0) is 0 Å². The third kappa shape index (κ3) is 3.06. The largest absolute Gasteiger partial charge is 0.496 e. The van der Waals surface area contributed by atoms with Crippen molar-refractivity contribution >= 4 is 16.8 Å². The molecule has 3 rings (SSSR count). The lowest BCUT2D eigenvalue weighted by Crippen LogP contribution is -2.37. The van der Waals surface area contributed by atoms with Crippen LogP contribution in [0.5, 0.6) is 5.75 Å². The van der Waals surface area contributed by atoms with Gasteiger partial charge in [0.2, 0.25) is 0 Å². The number of rotatable bonds is 3. The lowest BCUT2D eigenvalue weighted by atomic mass is 9.87. The van der Waals surface area contributed by atoms with Crippen LogP contribution in [0.2, 0.25) is 0 Å². The molecule has 0 atom stereocenters. The zero-order chi connectivity index (χ0) is 15.5. The maximum atomic E-state index is 12.5. The van der Waals surface area contributed by atoms with Gasteiger partial charge in [0.05, 0.1) is 12.6 Å². The van der Waals surface area contributed by atoms with E-state index in [0.29, 0.717) is 11.4 Å². The van der Waals surface area contributed by atoms with Crippen LogP contribution in [0, 0.1) is 5.92 Å². The van der Waals surface area contributed by atoms with Gasteiger partial charge in [-0.05, 0) is 43.7 Å². The fourth-order valence-corrected chi connectivity index (χ4v) is 3.09. The maximum Gasteiger partial charge on any atom is 0.270 e. The highest BCUT2D eigenvalue weighted by Crippen LogP contribution is 2.26. The van der Waals surface area contributed by atoms with E-state index < -0.39 is 0 Å². The summed E-state index contributed by atoms with van der Waals surface area (Å²) in [6.07, 6.45) is 4.47. The first kappa shape index (κ1) is 14.8. The number of aromatic nitrogens is 1. The molecule has 22 heavy (non-hydrogen) atoms. The van der Waals surface area contributed by atoms with E-state index in [9.17, 15) is 4.79 Å². The van der Waals surface area contributed by atoms with E-state index in [-0.39, 0.29) is 11.9 Å². The smallest absolute Gasteiger partial charge is 0.270 e. The minimum atomic E-state index is -0.108. The molecule has 0 bridgehead atoms. The Bertz CT molecular complexity index is 676. The van der Waals surface area contributed by atoms with Gasteiger partial charge in [0.1, 0.15) is 11.4 Å². The third-order valence-electron chi connectivity index (χ3n) is 4.48. The number of pyridine rings is 1. The van der Waals surface area contributed by atoms with Crippen LogP contribution in [0.25, 0.3) is 10.9 Å². The van der Waals surface area contributed by atoms with Gasteiger partial charge in [-0.2, -0.15) is 0 Å². The molecule has 0 radical (unpaired) electrons. The first-order valence-corrected chi connectivity index (χ1v) is 7.92. The quantitative estimate of drug-likeness (QED) is 0.942. The first-order valence-electron chi connectivity index (χ1n) is 7.92. The number of amides is 1. The van der Waals surface area contributed by atoms with E-state index in [1.807, 2.05) is 24.3 Å². The van der Waals surface area contributed by atoms with Gasteiger partial charge in [-0.15, -0.1) is 0 Å². The molecular weight excluding hydrogens is 276 g/mol. The summed E-state index contributed by atoms with van der Waals surface area (Å²) in [6.45, 7) is 2.27. The van der Waals surface area contributed by atoms with Gasteiger partial charge in [-0.25, -0.2) is 4.98 Å². The number of methoxy groups -OCH3 is 1. The predicted molar refractivity (Wildman–Crippen MR) is 87.2 cm³/mol. The SMILES string of the molecule is COc1cc(C(=O)NC2CCC(C)CC2)nc2ccccc12. The number of carbonyl (C=O) groups is 1. The van der Waals surface area contributed by atoms with E-state index in [4.69, 9.17) is 4.74 Å². The fraction of sp³-hybridized carbons (Fsp3) is 0.444. The highest BCUT2D eigenvalue weighted by atomic mass is 16.5. The molecule has 1 saturated carbocycles. The number of hydrogen-bond donors (Lipinski definition) is 1. The van der Waals surface area contributed by atoms with Gasteiger partial charge >= 0.3 is 0 Å². The number of ether oxygens (including phenoxy) is 1. The summed E-state index contributed by atoms with van der Waals surface area (Å²) in [6, 6.07) is 9.70. The number of nitrogens with zero attached hydrogens (tertiary/aromatic N) is 1. The summed E-state index contributed by atoms with van der Waals surface area (Å²) in [4.78, 5) is 16.9. The molecule has 4 heteroatoms. The van der Waals surface area contributed by atoms with Crippen molar-refractivity contribution in [1.29, 1.82) is 0 Å². The summed E-state index contributed by atoms with van der Waals surface area (Å²) in [5.41, 5.74) is 1.21. The monoisotopic (exact) mass is 298 g/mol. The molecule has 4 nitrogen and oxygen atoms in total. The Balaban J connectivity index is 1.81. The second-order valence-corrected chi connectivity index (χ2v) is 6.16. The average molecular weight is 298 g/mol. The number of carbonyl (C=O) groups excluding carboxylic acids is 1. The molecule has 116 valence electrons. The number of hydrogen-bond acceptors (Lipinski definition) is 3. The Morgan fingerprint density at radius 1 is 1.23 bits per heavy atom. The van der Waals surface area contributed by atoms with Crippen LogP contribution in [0.4, 0.5) is 0 Å². The van der Waals surface area contributed by atoms with Gasteiger partial charge in [0.25, 0.3) is 5.91 Å².